The molecule has 7 heteroatoms. The van der Waals surface area contributed by atoms with E-state index in [9.17, 15) is 9.59 Å². The molecule has 96 valence electrons. The summed E-state index contributed by atoms with van der Waals surface area (Å²) in [6.45, 7) is 2.99. The lowest BCUT2D eigenvalue weighted by molar-refractivity contribution is -0.0354. The van der Waals surface area contributed by atoms with Crippen LogP contribution in [0.15, 0.2) is 15.8 Å². The zero-order valence-electron chi connectivity index (χ0n) is 9.84. The lowest BCUT2D eigenvalue weighted by atomic mass is 10.2. The van der Waals surface area contributed by atoms with Gasteiger partial charge in [0.25, 0.3) is 5.56 Å². The number of aromatic amines is 1. The van der Waals surface area contributed by atoms with Crippen LogP contribution in [0.2, 0.25) is 0 Å². The van der Waals surface area contributed by atoms with Gasteiger partial charge in [-0.15, -0.1) is 0 Å². The van der Waals surface area contributed by atoms with Crippen molar-refractivity contribution < 1.29 is 9.84 Å². The molecule has 1 heterocycles. The molecule has 0 saturated heterocycles. The normalized spacial score (nSPS) is 14.6. The molecule has 0 bridgehead atoms. The first-order chi connectivity index (χ1) is 7.95. The predicted molar refractivity (Wildman–Crippen MR) is 61.7 cm³/mol. The predicted octanol–water partition coefficient (Wildman–Crippen LogP) is -1.47. The molecular weight excluding hydrogens is 226 g/mol. The van der Waals surface area contributed by atoms with Gasteiger partial charge in [-0.2, -0.15) is 0 Å². The van der Waals surface area contributed by atoms with Gasteiger partial charge in [-0.3, -0.25) is 14.3 Å². The molecule has 4 N–H and O–H groups in total. The molecule has 0 radical (unpaired) electrons. The molecule has 1 aromatic heterocycles. The molecule has 0 fully saturated rings. The molecule has 0 saturated carbocycles. The second-order valence-electron chi connectivity index (χ2n) is 3.92. The number of hydrogen-bond donors (Lipinski definition) is 3. The first-order valence-electron chi connectivity index (χ1n) is 5.24. The number of hydrogen-bond acceptors (Lipinski definition) is 5. The Bertz CT molecular complexity index is 477. The van der Waals surface area contributed by atoms with Crippen molar-refractivity contribution in [1.82, 2.24) is 9.55 Å². The number of H-pyrrole nitrogens is 1. The van der Waals surface area contributed by atoms with Crippen molar-refractivity contribution in [2.45, 2.75) is 32.7 Å². The lowest BCUT2D eigenvalue weighted by Crippen LogP contribution is -2.39. The zero-order valence-corrected chi connectivity index (χ0v) is 9.84. The van der Waals surface area contributed by atoms with Crippen LogP contribution in [0.4, 0.5) is 0 Å². The van der Waals surface area contributed by atoms with Crippen LogP contribution >= 0.6 is 0 Å². The van der Waals surface area contributed by atoms with E-state index >= 15 is 0 Å². The molecule has 0 aliphatic rings. The number of aryl methyl sites for hydroxylation is 1. The highest BCUT2D eigenvalue weighted by Gasteiger charge is 2.13. The summed E-state index contributed by atoms with van der Waals surface area (Å²) in [5.74, 6) is 0. The van der Waals surface area contributed by atoms with Crippen LogP contribution in [0.5, 0.6) is 0 Å². The Balaban J connectivity index is 2.79. The van der Waals surface area contributed by atoms with Crippen molar-refractivity contribution in [3.63, 3.8) is 0 Å². The van der Waals surface area contributed by atoms with Gasteiger partial charge < -0.3 is 15.6 Å². The fourth-order valence-electron chi connectivity index (χ4n) is 1.26. The molecule has 0 aromatic carbocycles. The summed E-state index contributed by atoms with van der Waals surface area (Å²) < 4.78 is 6.49. The van der Waals surface area contributed by atoms with Gasteiger partial charge in [0.05, 0.1) is 12.7 Å². The standard InChI is InChI=1S/C10H17N3O4/c1-6-3-13(10(16)12-9(6)15)5-17-8(4-14)7(2)11/h3,7-8,14H,4-5,11H2,1-2H3,(H,12,15,16). The molecule has 2 atom stereocenters. The van der Waals surface area contributed by atoms with Crippen LogP contribution in [0.3, 0.4) is 0 Å². The average Bonchev–Trinajstić information content (AvgIpc) is 2.25. The summed E-state index contributed by atoms with van der Waals surface area (Å²) in [6, 6.07) is -0.348. The molecule has 0 aliphatic carbocycles. The van der Waals surface area contributed by atoms with Gasteiger partial charge in [-0.25, -0.2) is 4.79 Å². The van der Waals surface area contributed by atoms with E-state index in [0.29, 0.717) is 5.56 Å². The van der Waals surface area contributed by atoms with Crippen LogP contribution in [-0.4, -0.2) is 33.4 Å². The van der Waals surface area contributed by atoms with Crippen molar-refractivity contribution >= 4 is 0 Å². The lowest BCUT2D eigenvalue weighted by Gasteiger charge is -2.19. The van der Waals surface area contributed by atoms with E-state index in [-0.39, 0.29) is 19.4 Å². The van der Waals surface area contributed by atoms with Crippen molar-refractivity contribution in [2.75, 3.05) is 6.61 Å². The van der Waals surface area contributed by atoms with E-state index in [0.717, 1.165) is 0 Å². The van der Waals surface area contributed by atoms with Gasteiger partial charge in [-0.05, 0) is 13.8 Å². The quantitative estimate of drug-likeness (QED) is 0.584. The monoisotopic (exact) mass is 243 g/mol. The highest BCUT2D eigenvalue weighted by atomic mass is 16.5. The summed E-state index contributed by atoms with van der Waals surface area (Å²) in [6.07, 6.45) is 0.852. The first-order valence-corrected chi connectivity index (χ1v) is 5.24. The van der Waals surface area contributed by atoms with Gasteiger partial charge in [-0.1, -0.05) is 0 Å². The number of aliphatic hydroxyl groups excluding tert-OH is 1. The van der Waals surface area contributed by atoms with E-state index in [4.69, 9.17) is 15.6 Å². The van der Waals surface area contributed by atoms with Crippen LogP contribution in [-0.2, 0) is 11.5 Å². The third-order valence-electron chi connectivity index (χ3n) is 2.38. The van der Waals surface area contributed by atoms with Gasteiger partial charge in [0, 0.05) is 17.8 Å². The molecule has 1 rings (SSSR count). The number of rotatable bonds is 5. The molecule has 0 aliphatic heterocycles. The van der Waals surface area contributed by atoms with Crippen LogP contribution in [0, 0.1) is 6.92 Å². The van der Waals surface area contributed by atoms with E-state index in [1.165, 1.54) is 10.8 Å². The number of ether oxygens (including phenoxy) is 1. The molecule has 0 amide bonds. The van der Waals surface area contributed by atoms with Crippen LogP contribution in [0.25, 0.3) is 0 Å². The largest absolute Gasteiger partial charge is 0.394 e. The van der Waals surface area contributed by atoms with Gasteiger partial charge in [0.15, 0.2) is 0 Å². The van der Waals surface area contributed by atoms with E-state index in [2.05, 4.69) is 4.98 Å². The third-order valence-corrected chi connectivity index (χ3v) is 2.38. The van der Waals surface area contributed by atoms with E-state index in [1.807, 2.05) is 0 Å². The Labute approximate surface area is 97.8 Å². The van der Waals surface area contributed by atoms with Crippen molar-refractivity contribution in [3.05, 3.63) is 32.6 Å². The van der Waals surface area contributed by atoms with Crippen molar-refractivity contribution in [1.29, 1.82) is 0 Å². The molecule has 1 aromatic rings. The van der Waals surface area contributed by atoms with Gasteiger partial charge >= 0.3 is 5.69 Å². The van der Waals surface area contributed by atoms with E-state index < -0.39 is 17.4 Å². The van der Waals surface area contributed by atoms with Crippen LogP contribution < -0.4 is 17.0 Å². The molecule has 0 spiro atoms. The molecule has 7 nitrogen and oxygen atoms in total. The SMILES string of the molecule is Cc1cn(COC(CO)C(C)N)c(=O)[nH]c1=O. The second kappa shape index (κ2) is 5.76. The molecule has 2 unspecified atom stereocenters. The van der Waals surface area contributed by atoms with E-state index in [1.54, 1.807) is 13.8 Å². The summed E-state index contributed by atoms with van der Waals surface area (Å²) in [5.41, 5.74) is 5.01. The van der Waals surface area contributed by atoms with Gasteiger partial charge in [0.1, 0.15) is 6.73 Å². The summed E-state index contributed by atoms with van der Waals surface area (Å²) in [4.78, 5) is 24.7. The Morgan fingerprint density at radius 2 is 2.24 bits per heavy atom. The average molecular weight is 243 g/mol. The number of nitrogens with one attached hydrogen (secondary N) is 1. The number of aromatic nitrogens is 2. The fourth-order valence-corrected chi connectivity index (χ4v) is 1.26. The summed E-state index contributed by atoms with van der Waals surface area (Å²) in [7, 11) is 0. The minimum absolute atomic E-state index is 0.0663. The molecule has 17 heavy (non-hydrogen) atoms. The minimum atomic E-state index is -0.554. The Morgan fingerprint density at radius 3 is 2.76 bits per heavy atom. The number of aliphatic hydroxyl groups is 1. The Hall–Kier alpha value is -1.44. The molecular formula is C10H17N3O4. The maximum atomic E-state index is 11.4. The van der Waals surface area contributed by atoms with Crippen molar-refractivity contribution in [2.24, 2.45) is 5.73 Å². The smallest absolute Gasteiger partial charge is 0.330 e. The highest BCUT2D eigenvalue weighted by molar-refractivity contribution is 5.00. The third kappa shape index (κ3) is 3.52. The maximum Gasteiger partial charge on any atom is 0.330 e. The zero-order chi connectivity index (χ0) is 13.0. The Morgan fingerprint density at radius 1 is 1.59 bits per heavy atom. The second-order valence-corrected chi connectivity index (χ2v) is 3.92. The summed E-state index contributed by atoms with van der Waals surface area (Å²) in [5, 5.41) is 8.99. The maximum absolute atomic E-state index is 11.4. The number of nitrogens with two attached hydrogens (primary N) is 1. The van der Waals surface area contributed by atoms with Crippen LogP contribution in [0.1, 0.15) is 12.5 Å². The first kappa shape index (κ1) is 13.6. The summed E-state index contributed by atoms with van der Waals surface area (Å²) >= 11 is 0. The highest BCUT2D eigenvalue weighted by Crippen LogP contribution is 1.97. The fraction of sp³-hybridized carbons (Fsp3) is 0.600. The van der Waals surface area contributed by atoms with Gasteiger partial charge in [0.2, 0.25) is 0 Å². The minimum Gasteiger partial charge on any atom is -0.394 e. The topological polar surface area (TPSA) is 110 Å². The Kier molecular flexibility index (Phi) is 4.62. The number of nitrogens with zero attached hydrogens (tertiary/aromatic N) is 1. The van der Waals surface area contributed by atoms with Crippen molar-refractivity contribution in [3.8, 4) is 0 Å².